The minimum Gasteiger partial charge on any atom is -0.335 e. The Labute approximate surface area is 127 Å². The van der Waals surface area contributed by atoms with Crippen LogP contribution in [0.1, 0.15) is 56.6 Å². The van der Waals surface area contributed by atoms with Gasteiger partial charge in [-0.2, -0.15) is 0 Å². The molecule has 1 aromatic heterocycles. The van der Waals surface area contributed by atoms with Gasteiger partial charge in [0.2, 0.25) is 0 Å². The van der Waals surface area contributed by atoms with Crippen LogP contribution in [0.15, 0.2) is 12.3 Å². The molecule has 0 saturated heterocycles. The summed E-state index contributed by atoms with van der Waals surface area (Å²) in [5, 5.41) is 0. The molecule has 0 fully saturated rings. The first-order valence-corrected chi connectivity index (χ1v) is 7.68. The topological polar surface area (TPSA) is 71.2 Å². The van der Waals surface area contributed by atoms with Gasteiger partial charge in [0.25, 0.3) is 5.91 Å². The van der Waals surface area contributed by atoms with Crippen molar-refractivity contribution in [3.8, 4) is 0 Å². The van der Waals surface area contributed by atoms with E-state index < -0.39 is 0 Å². The van der Waals surface area contributed by atoms with Gasteiger partial charge >= 0.3 is 0 Å². The molecule has 5 nitrogen and oxygen atoms in total. The quantitative estimate of drug-likeness (QED) is 0.598. The lowest BCUT2D eigenvalue weighted by Gasteiger charge is -2.32. The summed E-state index contributed by atoms with van der Waals surface area (Å²) < 4.78 is 0. The number of hydrazine groups is 1. The van der Waals surface area contributed by atoms with Gasteiger partial charge in [-0.05, 0) is 31.7 Å². The normalized spacial score (nSPS) is 11.0. The van der Waals surface area contributed by atoms with Crippen LogP contribution < -0.4 is 11.3 Å². The van der Waals surface area contributed by atoms with Gasteiger partial charge < -0.3 is 10.3 Å². The van der Waals surface area contributed by atoms with E-state index in [0.29, 0.717) is 17.2 Å². The zero-order chi connectivity index (χ0) is 16.0. The summed E-state index contributed by atoms with van der Waals surface area (Å²) in [7, 11) is 0. The number of nitrogens with one attached hydrogen (secondary N) is 1. The van der Waals surface area contributed by atoms with Crippen molar-refractivity contribution in [1.82, 2.24) is 9.88 Å². The first kappa shape index (κ1) is 17.4. The van der Waals surface area contributed by atoms with Gasteiger partial charge in [-0.1, -0.05) is 27.7 Å². The lowest BCUT2D eigenvalue weighted by atomic mass is 10.1. The van der Waals surface area contributed by atoms with Crippen molar-refractivity contribution < 1.29 is 4.79 Å². The predicted octanol–water partition coefficient (Wildman–Crippen LogP) is 2.96. The number of aromatic nitrogens is 1. The number of carbonyl (C=O) groups excluding carboxylic acids is 1. The van der Waals surface area contributed by atoms with Gasteiger partial charge in [-0.3, -0.25) is 15.6 Å². The molecular formula is C16H28N4O. The van der Waals surface area contributed by atoms with Crippen molar-refractivity contribution in [3.05, 3.63) is 23.5 Å². The van der Waals surface area contributed by atoms with Gasteiger partial charge in [0.05, 0.1) is 11.3 Å². The Kier molecular flexibility index (Phi) is 6.62. The molecule has 1 heterocycles. The van der Waals surface area contributed by atoms with Crippen LogP contribution in [0.2, 0.25) is 0 Å². The summed E-state index contributed by atoms with van der Waals surface area (Å²) in [6.07, 6.45) is 3.50. The number of rotatable bonds is 7. The van der Waals surface area contributed by atoms with Gasteiger partial charge in [0, 0.05) is 24.5 Å². The molecule has 0 unspecified atom stereocenters. The van der Waals surface area contributed by atoms with Crippen LogP contribution in [-0.2, 0) is 0 Å². The van der Waals surface area contributed by atoms with Crippen LogP contribution in [-0.4, -0.2) is 28.4 Å². The van der Waals surface area contributed by atoms with Crippen molar-refractivity contribution in [2.24, 2.45) is 11.8 Å². The van der Waals surface area contributed by atoms with Crippen molar-refractivity contribution in [2.45, 2.75) is 53.5 Å². The van der Waals surface area contributed by atoms with Crippen molar-refractivity contribution in [1.29, 1.82) is 0 Å². The van der Waals surface area contributed by atoms with E-state index in [0.717, 1.165) is 25.1 Å². The minimum absolute atomic E-state index is 0.00199. The molecule has 0 aliphatic carbocycles. The number of nitrogen functional groups attached to an aromatic ring is 1. The summed E-state index contributed by atoms with van der Waals surface area (Å²) in [5.74, 6) is 5.97. The third-order valence-corrected chi connectivity index (χ3v) is 3.63. The molecule has 118 valence electrons. The molecule has 1 rings (SSSR count). The fraction of sp³-hybridized carbons (Fsp3) is 0.625. The maximum Gasteiger partial charge on any atom is 0.257 e. The number of nitrogens with two attached hydrogens (primary N) is 1. The summed E-state index contributed by atoms with van der Waals surface area (Å²) in [5.41, 5.74) is 4.61. The monoisotopic (exact) mass is 292 g/mol. The fourth-order valence-electron chi connectivity index (χ4n) is 2.53. The highest BCUT2D eigenvalue weighted by Gasteiger charge is 2.25. The first-order valence-electron chi connectivity index (χ1n) is 7.68. The highest BCUT2D eigenvalue weighted by Crippen LogP contribution is 2.21. The molecule has 0 radical (unpaired) electrons. The second kappa shape index (κ2) is 7.98. The van der Waals surface area contributed by atoms with E-state index in [4.69, 9.17) is 5.84 Å². The van der Waals surface area contributed by atoms with Gasteiger partial charge in [-0.15, -0.1) is 0 Å². The van der Waals surface area contributed by atoms with E-state index in [9.17, 15) is 4.79 Å². The Balaban J connectivity index is 3.15. The number of aryl methyl sites for hydroxylation is 1. The molecule has 0 spiro atoms. The lowest BCUT2D eigenvalue weighted by molar-refractivity contribution is 0.0641. The smallest absolute Gasteiger partial charge is 0.257 e. The maximum absolute atomic E-state index is 12.9. The summed E-state index contributed by atoms with van der Waals surface area (Å²) in [4.78, 5) is 19.1. The van der Waals surface area contributed by atoms with E-state index in [1.807, 2.05) is 11.8 Å². The molecule has 0 atom stereocenters. The zero-order valence-electron chi connectivity index (χ0n) is 13.8. The van der Waals surface area contributed by atoms with Crippen molar-refractivity contribution in [2.75, 3.05) is 12.0 Å². The molecule has 0 aliphatic heterocycles. The van der Waals surface area contributed by atoms with Crippen LogP contribution >= 0.6 is 0 Å². The van der Waals surface area contributed by atoms with Gasteiger partial charge in [0.15, 0.2) is 0 Å². The fourth-order valence-corrected chi connectivity index (χ4v) is 2.53. The highest BCUT2D eigenvalue weighted by atomic mass is 16.2. The largest absolute Gasteiger partial charge is 0.335 e. The Morgan fingerprint density at radius 2 is 2.00 bits per heavy atom. The maximum atomic E-state index is 12.9. The second-order valence-electron chi connectivity index (χ2n) is 5.84. The summed E-state index contributed by atoms with van der Waals surface area (Å²) in [6.45, 7) is 11.1. The number of nitrogens with zero attached hydrogens (tertiary/aromatic N) is 2. The predicted molar refractivity (Wildman–Crippen MR) is 87.0 cm³/mol. The van der Waals surface area contributed by atoms with Crippen molar-refractivity contribution in [3.63, 3.8) is 0 Å². The molecule has 5 heteroatoms. The molecule has 1 amide bonds. The standard InChI is InChI=1S/C16H28N4O/c1-6-13(7-2)20(10-11(3)4)16(21)14-9-18-12(5)8-15(14)19-17/h8-9,11,13H,6-7,10,17H2,1-5H3,(H,18,19). The van der Waals surface area contributed by atoms with Gasteiger partial charge in [-0.25, -0.2) is 0 Å². The number of hydrogen-bond donors (Lipinski definition) is 2. The molecule has 0 saturated carbocycles. The number of amides is 1. The van der Waals surface area contributed by atoms with Crippen LogP contribution in [0, 0.1) is 12.8 Å². The van der Waals surface area contributed by atoms with Crippen LogP contribution in [0.25, 0.3) is 0 Å². The Morgan fingerprint density at radius 3 is 2.48 bits per heavy atom. The first-order chi connectivity index (χ1) is 9.94. The van der Waals surface area contributed by atoms with E-state index in [1.165, 1.54) is 0 Å². The number of anilines is 1. The third-order valence-electron chi connectivity index (χ3n) is 3.63. The molecule has 0 bridgehead atoms. The van der Waals surface area contributed by atoms with Gasteiger partial charge in [0.1, 0.15) is 0 Å². The third kappa shape index (κ3) is 4.43. The molecular weight excluding hydrogens is 264 g/mol. The average molecular weight is 292 g/mol. The molecule has 1 aromatic rings. The van der Waals surface area contributed by atoms with Crippen LogP contribution in [0.3, 0.4) is 0 Å². The Hall–Kier alpha value is -1.62. The Morgan fingerprint density at radius 1 is 1.38 bits per heavy atom. The summed E-state index contributed by atoms with van der Waals surface area (Å²) >= 11 is 0. The number of pyridine rings is 1. The highest BCUT2D eigenvalue weighted by molar-refractivity contribution is 5.99. The molecule has 21 heavy (non-hydrogen) atoms. The lowest BCUT2D eigenvalue weighted by Crippen LogP contribution is -2.42. The van der Waals surface area contributed by atoms with E-state index in [1.54, 1.807) is 12.3 Å². The molecule has 0 aliphatic rings. The number of carbonyl (C=O) groups is 1. The van der Waals surface area contributed by atoms with E-state index >= 15 is 0 Å². The second-order valence-corrected chi connectivity index (χ2v) is 5.84. The van der Waals surface area contributed by atoms with Crippen molar-refractivity contribution >= 4 is 11.6 Å². The van der Waals surface area contributed by atoms with E-state index in [-0.39, 0.29) is 11.9 Å². The van der Waals surface area contributed by atoms with E-state index in [2.05, 4.69) is 38.1 Å². The Bertz CT molecular complexity index is 469. The van der Waals surface area contributed by atoms with Crippen LogP contribution in [0.4, 0.5) is 5.69 Å². The zero-order valence-corrected chi connectivity index (χ0v) is 13.8. The van der Waals surface area contributed by atoms with Crippen LogP contribution in [0.5, 0.6) is 0 Å². The molecule has 3 N–H and O–H groups in total. The summed E-state index contributed by atoms with van der Waals surface area (Å²) in [6, 6.07) is 2.04. The SMILES string of the molecule is CCC(CC)N(CC(C)C)C(=O)c1cnc(C)cc1NN. The number of hydrogen-bond acceptors (Lipinski definition) is 4. The molecule has 0 aromatic carbocycles. The minimum atomic E-state index is -0.00199. The average Bonchev–Trinajstić information content (AvgIpc) is 2.46.